The monoisotopic (exact) mass is 348 g/mol. The molecule has 134 valence electrons. The maximum absolute atomic E-state index is 13.1. The van der Waals surface area contributed by atoms with Crippen molar-refractivity contribution in [2.24, 2.45) is 0 Å². The van der Waals surface area contributed by atoms with Crippen LogP contribution in [0.25, 0.3) is 0 Å². The van der Waals surface area contributed by atoms with Crippen LogP contribution >= 0.6 is 11.6 Å². The number of aromatic nitrogens is 2. The normalized spacial score (nSPS) is 14.4. The zero-order valence-corrected chi connectivity index (χ0v) is 15.7. The van der Waals surface area contributed by atoms with Gasteiger partial charge in [-0.15, -0.1) is 0 Å². The Kier molecular flexibility index (Phi) is 8.52. The summed E-state index contributed by atoms with van der Waals surface area (Å²) in [6.45, 7) is 8.28. The van der Waals surface area contributed by atoms with Crippen molar-refractivity contribution in [3.63, 3.8) is 0 Å². The molecule has 0 aliphatic rings. The van der Waals surface area contributed by atoms with Crippen LogP contribution < -0.4 is 0 Å². The maximum Gasteiger partial charge on any atom is 0.283 e. The van der Waals surface area contributed by atoms with Gasteiger partial charge < -0.3 is 0 Å². The first-order valence-corrected chi connectivity index (χ1v) is 9.28. The molecule has 1 rings (SSSR count). The third-order valence-corrected chi connectivity index (χ3v) is 5.14. The third-order valence-electron chi connectivity index (χ3n) is 4.67. The van der Waals surface area contributed by atoms with E-state index in [9.17, 15) is 8.78 Å². The molecule has 5 heteroatoms. The zero-order chi connectivity index (χ0) is 17.5. The molecule has 2 nitrogen and oxygen atoms in total. The number of nitrogens with zero attached hydrogens (tertiary/aromatic N) is 2. The molecule has 1 heterocycles. The number of alkyl halides is 2. The van der Waals surface area contributed by atoms with E-state index in [0.29, 0.717) is 5.69 Å². The summed E-state index contributed by atoms with van der Waals surface area (Å²) in [7, 11) is 0. The molecular weight excluding hydrogens is 318 g/mol. The molecule has 0 amide bonds. The molecule has 1 aromatic heterocycles. The highest BCUT2D eigenvalue weighted by Gasteiger charge is 2.31. The van der Waals surface area contributed by atoms with E-state index in [1.54, 1.807) is 11.6 Å². The van der Waals surface area contributed by atoms with Crippen molar-refractivity contribution >= 4 is 11.6 Å². The van der Waals surface area contributed by atoms with E-state index >= 15 is 0 Å². The number of halogens is 3. The van der Waals surface area contributed by atoms with Crippen LogP contribution in [0.15, 0.2) is 0 Å². The highest BCUT2D eigenvalue weighted by Crippen LogP contribution is 2.36. The van der Waals surface area contributed by atoms with E-state index in [1.807, 2.05) is 0 Å². The Balaban J connectivity index is 2.93. The van der Waals surface area contributed by atoms with Crippen LogP contribution in [0.1, 0.15) is 96.4 Å². The second-order valence-electron chi connectivity index (χ2n) is 6.76. The molecule has 0 aliphatic heterocycles. The fourth-order valence-electron chi connectivity index (χ4n) is 3.17. The van der Waals surface area contributed by atoms with Crippen LogP contribution in [0.5, 0.6) is 0 Å². The number of hydrogen-bond acceptors (Lipinski definition) is 1. The average Bonchev–Trinajstić information content (AvgIpc) is 2.82. The molecule has 0 bridgehead atoms. The lowest BCUT2D eigenvalue weighted by Crippen LogP contribution is -2.32. The SMILES string of the molecule is CCCCCCCC(C)(CCCC)n1nc(C(F)F)c(Cl)c1C. The Bertz CT molecular complexity index is 474. The summed E-state index contributed by atoms with van der Waals surface area (Å²) >= 11 is 6.09. The predicted octanol–water partition coefficient (Wildman–Crippen LogP) is 7.05. The number of rotatable bonds is 11. The van der Waals surface area contributed by atoms with Crippen LogP contribution in [-0.2, 0) is 5.54 Å². The molecule has 23 heavy (non-hydrogen) atoms. The largest absolute Gasteiger partial charge is 0.283 e. The van der Waals surface area contributed by atoms with Gasteiger partial charge in [-0.25, -0.2) is 8.78 Å². The van der Waals surface area contributed by atoms with E-state index in [-0.39, 0.29) is 16.3 Å². The van der Waals surface area contributed by atoms with Crippen molar-refractivity contribution in [2.75, 3.05) is 0 Å². The molecule has 0 N–H and O–H groups in total. The van der Waals surface area contributed by atoms with E-state index < -0.39 is 6.43 Å². The minimum Gasteiger partial charge on any atom is -0.262 e. The second-order valence-corrected chi connectivity index (χ2v) is 7.14. The van der Waals surface area contributed by atoms with Gasteiger partial charge in [-0.05, 0) is 26.7 Å². The van der Waals surface area contributed by atoms with Crippen molar-refractivity contribution in [2.45, 2.75) is 97.4 Å². The molecule has 1 atom stereocenters. The van der Waals surface area contributed by atoms with Crippen LogP contribution in [0.2, 0.25) is 5.02 Å². The fraction of sp³-hybridized carbons (Fsp3) is 0.833. The van der Waals surface area contributed by atoms with Crippen molar-refractivity contribution in [1.82, 2.24) is 9.78 Å². The number of hydrogen-bond donors (Lipinski definition) is 0. The van der Waals surface area contributed by atoms with Crippen molar-refractivity contribution in [1.29, 1.82) is 0 Å². The summed E-state index contributed by atoms with van der Waals surface area (Å²) in [5.41, 5.74) is 0.148. The van der Waals surface area contributed by atoms with E-state index in [4.69, 9.17) is 11.6 Å². The molecular formula is C18H31ClF2N2. The highest BCUT2D eigenvalue weighted by atomic mass is 35.5. The molecule has 0 aromatic carbocycles. The van der Waals surface area contributed by atoms with Gasteiger partial charge in [0.15, 0.2) is 0 Å². The molecule has 0 spiro atoms. The maximum atomic E-state index is 13.1. The summed E-state index contributed by atoms with van der Waals surface area (Å²) < 4.78 is 28.0. The molecule has 1 unspecified atom stereocenters. The zero-order valence-electron chi connectivity index (χ0n) is 15.0. The van der Waals surface area contributed by atoms with Gasteiger partial charge in [-0.2, -0.15) is 5.10 Å². The summed E-state index contributed by atoms with van der Waals surface area (Å²) in [5, 5.41) is 4.30. The smallest absolute Gasteiger partial charge is 0.262 e. The summed E-state index contributed by atoms with van der Waals surface area (Å²) in [6, 6.07) is 0. The van der Waals surface area contributed by atoms with Crippen LogP contribution in [0, 0.1) is 6.92 Å². The lowest BCUT2D eigenvalue weighted by atomic mass is 9.88. The van der Waals surface area contributed by atoms with Crippen LogP contribution in [0.4, 0.5) is 8.78 Å². The fourth-order valence-corrected chi connectivity index (χ4v) is 3.37. The highest BCUT2D eigenvalue weighted by molar-refractivity contribution is 6.31. The molecule has 0 fully saturated rings. The van der Waals surface area contributed by atoms with E-state index in [1.165, 1.54) is 25.7 Å². The molecule has 0 aliphatic carbocycles. The van der Waals surface area contributed by atoms with Crippen LogP contribution in [-0.4, -0.2) is 9.78 Å². The molecule has 0 saturated carbocycles. The Morgan fingerprint density at radius 3 is 2.13 bits per heavy atom. The van der Waals surface area contributed by atoms with E-state index in [0.717, 1.165) is 32.1 Å². The van der Waals surface area contributed by atoms with Gasteiger partial charge in [-0.1, -0.05) is 70.4 Å². The Morgan fingerprint density at radius 1 is 1.04 bits per heavy atom. The van der Waals surface area contributed by atoms with E-state index in [2.05, 4.69) is 25.9 Å². The third kappa shape index (κ3) is 5.44. The lowest BCUT2D eigenvalue weighted by molar-refractivity contribution is 0.141. The van der Waals surface area contributed by atoms with Crippen molar-refractivity contribution in [3.05, 3.63) is 16.4 Å². The second kappa shape index (κ2) is 9.61. The van der Waals surface area contributed by atoms with Gasteiger partial charge in [0.25, 0.3) is 6.43 Å². The summed E-state index contributed by atoms with van der Waals surface area (Å²) in [6.07, 6.45) is 7.42. The van der Waals surface area contributed by atoms with Crippen molar-refractivity contribution in [3.8, 4) is 0 Å². The van der Waals surface area contributed by atoms with Gasteiger partial charge >= 0.3 is 0 Å². The van der Waals surface area contributed by atoms with Gasteiger partial charge in [0.1, 0.15) is 5.69 Å². The summed E-state index contributed by atoms with van der Waals surface area (Å²) in [4.78, 5) is 0. The Morgan fingerprint density at radius 2 is 1.61 bits per heavy atom. The molecule has 1 aromatic rings. The molecule has 0 radical (unpaired) electrons. The molecule has 0 saturated heterocycles. The van der Waals surface area contributed by atoms with Gasteiger partial charge in [-0.3, -0.25) is 4.68 Å². The Hall–Kier alpha value is -0.640. The average molecular weight is 349 g/mol. The predicted molar refractivity (Wildman–Crippen MR) is 93.5 cm³/mol. The first kappa shape index (κ1) is 20.4. The Labute approximate surface area is 144 Å². The van der Waals surface area contributed by atoms with Crippen LogP contribution in [0.3, 0.4) is 0 Å². The standard InChI is InChI=1S/C18H31ClF2N2/c1-5-7-9-10-11-13-18(4,12-8-6-2)23-14(3)15(19)16(22-23)17(20)21/h17H,5-13H2,1-4H3. The summed E-state index contributed by atoms with van der Waals surface area (Å²) in [5.74, 6) is 0. The first-order chi connectivity index (χ1) is 10.9. The van der Waals surface area contributed by atoms with Gasteiger partial charge in [0.05, 0.1) is 16.3 Å². The first-order valence-electron chi connectivity index (χ1n) is 8.91. The van der Waals surface area contributed by atoms with Gasteiger partial charge in [0, 0.05) is 0 Å². The number of unbranched alkanes of at least 4 members (excludes halogenated alkanes) is 5. The lowest BCUT2D eigenvalue weighted by Gasteiger charge is -2.32. The van der Waals surface area contributed by atoms with Crippen molar-refractivity contribution < 1.29 is 8.78 Å². The topological polar surface area (TPSA) is 17.8 Å². The minimum absolute atomic E-state index is 0.119. The minimum atomic E-state index is -2.62. The quantitative estimate of drug-likeness (QED) is 0.392. The van der Waals surface area contributed by atoms with Gasteiger partial charge in [0.2, 0.25) is 0 Å².